The minimum atomic E-state index is -0.260. The summed E-state index contributed by atoms with van der Waals surface area (Å²) in [5, 5.41) is 0. The van der Waals surface area contributed by atoms with Crippen LogP contribution < -0.4 is 11.5 Å². The molecule has 5 nitrogen and oxygen atoms in total. The maximum Gasteiger partial charge on any atom is 0.234 e. The van der Waals surface area contributed by atoms with Crippen LogP contribution in [-0.2, 0) is 4.79 Å². The summed E-state index contributed by atoms with van der Waals surface area (Å²) < 4.78 is 0. The van der Waals surface area contributed by atoms with Gasteiger partial charge in [-0.05, 0) is 31.5 Å². The monoisotopic (exact) mass is 248 g/mol. The van der Waals surface area contributed by atoms with Crippen LogP contribution in [0.2, 0.25) is 0 Å². The molecule has 1 amide bonds. The Morgan fingerprint density at radius 1 is 1.50 bits per heavy atom. The Kier molecular flexibility index (Phi) is 4.28. The standard InChI is InChI=1S/C13H20N4O/c14-9-12(10-5-1-3-7-16-10)17-8-4-2-6-11(17)13(15)18/h1,3,5,7,11-12H,2,4,6,8-9,14H2,(H2,15,18). The van der Waals surface area contributed by atoms with Crippen molar-refractivity contribution in [2.75, 3.05) is 13.1 Å². The molecule has 0 aromatic carbocycles. The number of rotatable bonds is 4. The van der Waals surface area contributed by atoms with E-state index in [2.05, 4.69) is 9.88 Å². The lowest BCUT2D eigenvalue weighted by Crippen LogP contribution is -2.50. The third-order valence-corrected chi connectivity index (χ3v) is 3.53. The Labute approximate surface area is 107 Å². The molecule has 4 N–H and O–H groups in total. The van der Waals surface area contributed by atoms with Crippen LogP contribution in [0, 0.1) is 0 Å². The van der Waals surface area contributed by atoms with E-state index >= 15 is 0 Å². The van der Waals surface area contributed by atoms with Crippen LogP contribution in [0.15, 0.2) is 24.4 Å². The second kappa shape index (κ2) is 5.93. The molecule has 18 heavy (non-hydrogen) atoms. The average Bonchev–Trinajstić information content (AvgIpc) is 2.41. The molecule has 2 rings (SSSR count). The molecule has 5 heteroatoms. The molecule has 2 heterocycles. The highest BCUT2D eigenvalue weighted by Crippen LogP contribution is 2.26. The minimum absolute atomic E-state index is 0.0241. The van der Waals surface area contributed by atoms with Crippen molar-refractivity contribution in [1.82, 2.24) is 9.88 Å². The van der Waals surface area contributed by atoms with Crippen LogP contribution in [0.25, 0.3) is 0 Å². The molecular formula is C13H20N4O. The highest BCUT2D eigenvalue weighted by atomic mass is 16.1. The third kappa shape index (κ3) is 2.68. The number of carbonyl (C=O) groups is 1. The van der Waals surface area contributed by atoms with Gasteiger partial charge in [-0.25, -0.2) is 0 Å². The van der Waals surface area contributed by atoms with E-state index in [4.69, 9.17) is 11.5 Å². The predicted molar refractivity (Wildman–Crippen MR) is 69.6 cm³/mol. The van der Waals surface area contributed by atoms with Crippen molar-refractivity contribution in [1.29, 1.82) is 0 Å². The summed E-state index contributed by atoms with van der Waals surface area (Å²) in [5.74, 6) is -0.260. The van der Waals surface area contributed by atoms with E-state index in [1.165, 1.54) is 0 Å². The highest BCUT2D eigenvalue weighted by Gasteiger charge is 2.32. The van der Waals surface area contributed by atoms with Gasteiger partial charge in [-0.2, -0.15) is 0 Å². The van der Waals surface area contributed by atoms with Gasteiger partial charge in [0.25, 0.3) is 0 Å². The minimum Gasteiger partial charge on any atom is -0.368 e. The largest absolute Gasteiger partial charge is 0.368 e. The van der Waals surface area contributed by atoms with Crippen molar-refractivity contribution in [2.45, 2.75) is 31.3 Å². The Balaban J connectivity index is 2.22. The number of nitrogens with zero attached hydrogens (tertiary/aromatic N) is 2. The molecule has 98 valence electrons. The number of likely N-dealkylation sites (tertiary alicyclic amines) is 1. The van der Waals surface area contributed by atoms with Crippen molar-refractivity contribution < 1.29 is 4.79 Å². The van der Waals surface area contributed by atoms with Crippen LogP contribution in [0.1, 0.15) is 31.0 Å². The van der Waals surface area contributed by atoms with Gasteiger partial charge in [0.15, 0.2) is 0 Å². The fourth-order valence-corrected chi connectivity index (χ4v) is 2.63. The number of aromatic nitrogens is 1. The molecule has 1 aromatic heterocycles. The Hall–Kier alpha value is -1.46. The van der Waals surface area contributed by atoms with Crippen molar-refractivity contribution in [3.63, 3.8) is 0 Å². The lowest BCUT2D eigenvalue weighted by Gasteiger charge is -2.38. The second-order valence-electron chi connectivity index (χ2n) is 4.66. The fraction of sp³-hybridized carbons (Fsp3) is 0.538. The van der Waals surface area contributed by atoms with Gasteiger partial charge in [0, 0.05) is 12.7 Å². The molecule has 1 saturated heterocycles. The predicted octanol–water partition coefficient (Wildman–Crippen LogP) is 0.421. The first-order valence-electron chi connectivity index (χ1n) is 6.40. The van der Waals surface area contributed by atoms with Crippen molar-refractivity contribution in [3.8, 4) is 0 Å². The van der Waals surface area contributed by atoms with Gasteiger partial charge in [-0.1, -0.05) is 12.5 Å². The van der Waals surface area contributed by atoms with E-state index in [0.717, 1.165) is 31.5 Å². The number of pyridine rings is 1. The molecule has 0 saturated carbocycles. The van der Waals surface area contributed by atoms with E-state index in [1.54, 1.807) is 6.20 Å². The molecule has 1 aromatic rings. The molecule has 0 aliphatic carbocycles. The summed E-state index contributed by atoms with van der Waals surface area (Å²) in [6.45, 7) is 1.30. The van der Waals surface area contributed by atoms with Crippen molar-refractivity contribution >= 4 is 5.91 Å². The molecule has 1 aliphatic heterocycles. The maximum absolute atomic E-state index is 11.5. The smallest absolute Gasteiger partial charge is 0.234 e. The first kappa shape index (κ1) is 13.0. The van der Waals surface area contributed by atoms with Gasteiger partial charge in [0.05, 0.1) is 17.8 Å². The van der Waals surface area contributed by atoms with Crippen LogP contribution >= 0.6 is 0 Å². The number of piperidine rings is 1. The normalized spacial score (nSPS) is 22.6. The van der Waals surface area contributed by atoms with Crippen LogP contribution in [0.4, 0.5) is 0 Å². The van der Waals surface area contributed by atoms with E-state index in [9.17, 15) is 4.79 Å². The first-order valence-corrected chi connectivity index (χ1v) is 6.40. The number of nitrogens with two attached hydrogens (primary N) is 2. The van der Waals surface area contributed by atoms with Gasteiger partial charge < -0.3 is 11.5 Å². The number of hydrogen-bond donors (Lipinski definition) is 2. The van der Waals surface area contributed by atoms with Gasteiger partial charge in [0.2, 0.25) is 5.91 Å². The number of primary amides is 1. The summed E-state index contributed by atoms with van der Waals surface area (Å²) in [5.41, 5.74) is 12.3. The lowest BCUT2D eigenvalue weighted by atomic mass is 9.98. The summed E-state index contributed by atoms with van der Waals surface area (Å²) in [7, 11) is 0. The third-order valence-electron chi connectivity index (χ3n) is 3.53. The van der Waals surface area contributed by atoms with E-state index in [1.807, 2.05) is 18.2 Å². The van der Waals surface area contributed by atoms with Crippen molar-refractivity contribution in [2.24, 2.45) is 11.5 Å². The molecule has 2 unspecified atom stereocenters. The zero-order chi connectivity index (χ0) is 13.0. The van der Waals surface area contributed by atoms with E-state index in [-0.39, 0.29) is 18.0 Å². The fourth-order valence-electron chi connectivity index (χ4n) is 2.63. The van der Waals surface area contributed by atoms with Crippen LogP contribution in [0.3, 0.4) is 0 Å². The van der Waals surface area contributed by atoms with Gasteiger partial charge >= 0.3 is 0 Å². The zero-order valence-electron chi connectivity index (χ0n) is 10.5. The Morgan fingerprint density at radius 2 is 2.33 bits per heavy atom. The average molecular weight is 248 g/mol. The lowest BCUT2D eigenvalue weighted by molar-refractivity contribution is -0.125. The SMILES string of the molecule is NCC(c1ccccn1)N1CCCCC1C(N)=O. The molecule has 2 atom stereocenters. The van der Waals surface area contributed by atoms with E-state index in [0.29, 0.717) is 6.54 Å². The summed E-state index contributed by atoms with van der Waals surface area (Å²) in [4.78, 5) is 18.0. The summed E-state index contributed by atoms with van der Waals surface area (Å²) >= 11 is 0. The molecule has 1 aliphatic rings. The molecule has 0 radical (unpaired) electrons. The van der Waals surface area contributed by atoms with E-state index < -0.39 is 0 Å². The van der Waals surface area contributed by atoms with Gasteiger partial charge in [-0.3, -0.25) is 14.7 Å². The maximum atomic E-state index is 11.5. The Morgan fingerprint density at radius 3 is 2.94 bits per heavy atom. The Bertz CT molecular complexity index is 395. The zero-order valence-corrected chi connectivity index (χ0v) is 10.5. The molecule has 1 fully saturated rings. The molecular weight excluding hydrogens is 228 g/mol. The van der Waals surface area contributed by atoms with Crippen molar-refractivity contribution in [3.05, 3.63) is 30.1 Å². The number of amides is 1. The van der Waals surface area contributed by atoms with Gasteiger partial charge in [0.1, 0.15) is 0 Å². The van der Waals surface area contributed by atoms with Gasteiger partial charge in [-0.15, -0.1) is 0 Å². The number of hydrogen-bond acceptors (Lipinski definition) is 4. The summed E-state index contributed by atoms with van der Waals surface area (Å²) in [6.07, 6.45) is 4.69. The first-order chi connectivity index (χ1) is 8.74. The number of carbonyl (C=O) groups excluding carboxylic acids is 1. The highest BCUT2D eigenvalue weighted by molar-refractivity contribution is 5.80. The molecule has 0 bridgehead atoms. The molecule has 0 spiro atoms. The second-order valence-corrected chi connectivity index (χ2v) is 4.66. The quantitative estimate of drug-likeness (QED) is 0.808. The van der Waals surface area contributed by atoms with Crippen LogP contribution in [-0.4, -0.2) is 34.9 Å². The topological polar surface area (TPSA) is 85.2 Å². The summed E-state index contributed by atoms with van der Waals surface area (Å²) in [6, 6.07) is 5.52. The van der Waals surface area contributed by atoms with Crippen LogP contribution in [0.5, 0.6) is 0 Å².